The van der Waals surface area contributed by atoms with Crippen LogP contribution in [-0.4, -0.2) is 53.8 Å². The molecular formula is C19H21FN4O3S. The highest BCUT2D eigenvalue weighted by atomic mass is 32.1. The van der Waals surface area contributed by atoms with Crippen molar-refractivity contribution in [2.45, 2.75) is 25.3 Å². The summed E-state index contributed by atoms with van der Waals surface area (Å²) in [5, 5.41) is 5.88. The van der Waals surface area contributed by atoms with Gasteiger partial charge in [-0.1, -0.05) is 12.1 Å². The molecule has 3 amide bonds. The molecule has 1 fully saturated rings. The molecule has 9 heteroatoms. The van der Waals surface area contributed by atoms with Crippen LogP contribution in [-0.2, 0) is 16.0 Å². The van der Waals surface area contributed by atoms with Crippen LogP contribution in [0.5, 0.6) is 0 Å². The molecule has 2 aromatic rings. The number of carbonyl (C=O) groups is 3. The predicted octanol–water partition coefficient (Wildman–Crippen LogP) is 1.34. The Balaban J connectivity index is 1.53. The van der Waals surface area contributed by atoms with Crippen molar-refractivity contribution >= 4 is 29.1 Å². The van der Waals surface area contributed by atoms with Gasteiger partial charge in [0.15, 0.2) is 0 Å². The van der Waals surface area contributed by atoms with Crippen LogP contribution in [0.25, 0.3) is 0 Å². The molecule has 1 aromatic carbocycles. The van der Waals surface area contributed by atoms with Crippen LogP contribution in [0.15, 0.2) is 30.5 Å². The highest BCUT2D eigenvalue weighted by Crippen LogP contribution is 2.19. The molecule has 3 rings (SSSR count). The Morgan fingerprint density at radius 2 is 2.04 bits per heavy atom. The van der Waals surface area contributed by atoms with Crippen molar-refractivity contribution in [3.8, 4) is 0 Å². The lowest BCUT2D eigenvalue weighted by atomic mass is 10.2. The second kappa shape index (κ2) is 8.92. The average molecular weight is 404 g/mol. The van der Waals surface area contributed by atoms with E-state index in [0.717, 1.165) is 17.0 Å². The first-order chi connectivity index (χ1) is 13.5. The molecule has 2 heterocycles. The number of nitrogens with one attached hydrogen (secondary N) is 2. The van der Waals surface area contributed by atoms with E-state index in [-0.39, 0.29) is 30.1 Å². The molecule has 1 aliphatic rings. The lowest BCUT2D eigenvalue weighted by molar-refractivity contribution is -0.137. The van der Waals surface area contributed by atoms with Gasteiger partial charge in [-0.2, -0.15) is 0 Å². The van der Waals surface area contributed by atoms with Crippen LogP contribution in [0.4, 0.5) is 4.39 Å². The minimum absolute atomic E-state index is 0.169. The van der Waals surface area contributed by atoms with Crippen LogP contribution in [0.2, 0.25) is 0 Å². The van der Waals surface area contributed by atoms with Crippen molar-refractivity contribution in [2.24, 2.45) is 0 Å². The number of benzene rings is 1. The third-order valence-corrected chi connectivity index (χ3v) is 5.56. The number of hydrogen-bond donors (Lipinski definition) is 2. The minimum Gasteiger partial charge on any atom is -0.357 e. The molecular weight excluding hydrogens is 383 g/mol. The topological polar surface area (TPSA) is 91.4 Å². The monoisotopic (exact) mass is 404 g/mol. The molecule has 1 unspecified atom stereocenters. The van der Waals surface area contributed by atoms with Crippen molar-refractivity contribution < 1.29 is 18.8 Å². The van der Waals surface area contributed by atoms with Crippen LogP contribution < -0.4 is 10.6 Å². The fourth-order valence-electron chi connectivity index (χ4n) is 3.12. The summed E-state index contributed by atoms with van der Waals surface area (Å²) in [5.41, 5.74) is 0.896. The summed E-state index contributed by atoms with van der Waals surface area (Å²) in [6.07, 6.45) is 3.35. The van der Waals surface area contributed by atoms with Crippen molar-refractivity contribution in [1.29, 1.82) is 0 Å². The Morgan fingerprint density at radius 3 is 2.75 bits per heavy atom. The van der Waals surface area contributed by atoms with Crippen molar-refractivity contribution in [1.82, 2.24) is 20.5 Å². The van der Waals surface area contributed by atoms with Crippen LogP contribution in [0, 0.1) is 5.82 Å². The van der Waals surface area contributed by atoms with E-state index in [0.29, 0.717) is 24.3 Å². The Morgan fingerprint density at radius 1 is 1.29 bits per heavy atom. The molecule has 0 spiro atoms. The minimum atomic E-state index is -0.472. The van der Waals surface area contributed by atoms with E-state index in [4.69, 9.17) is 0 Å². The number of carbonyl (C=O) groups excluding carboxylic acids is 3. The first-order valence-electron chi connectivity index (χ1n) is 8.96. The summed E-state index contributed by atoms with van der Waals surface area (Å²) in [4.78, 5) is 42.6. The summed E-state index contributed by atoms with van der Waals surface area (Å²) in [6, 6.07) is 5.64. The van der Waals surface area contributed by atoms with Gasteiger partial charge in [0.25, 0.3) is 5.91 Å². The van der Waals surface area contributed by atoms with Gasteiger partial charge >= 0.3 is 0 Å². The van der Waals surface area contributed by atoms with Gasteiger partial charge in [0, 0.05) is 20.0 Å². The number of thiazole rings is 1. The third-order valence-electron chi connectivity index (χ3n) is 4.57. The van der Waals surface area contributed by atoms with E-state index in [1.54, 1.807) is 19.2 Å². The zero-order valence-electron chi connectivity index (χ0n) is 15.4. The molecule has 1 atom stereocenters. The fourth-order valence-corrected chi connectivity index (χ4v) is 3.99. The highest BCUT2D eigenvalue weighted by molar-refractivity contribution is 7.13. The summed E-state index contributed by atoms with van der Waals surface area (Å²) < 4.78 is 13.0. The van der Waals surface area contributed by atoms with Crippen molar-refractivity contribution in [2.75, 3.05) is 20.1 Å². The Labute approximate surface area is 166 Å². The molecule has 1 aromatic heterocycles. The Kier molecular flexibility index (Phi) is 6.35. The van der Waals surface area contributed by atoms with Gasteiger partial charge in [0.05, 0.1) is 17.7 Å². The number of nitrogens with zero attached hydrogens (tertiary/aromatic N) is 2. The molecule has 0 aliphatic carbocycles. The lowest BCUT2D eigenvalue weighted by Gasteiger charge is -2.23. The Bertz CT molecular complexity index is 868. The smallest absolute Gasteiger partial charge is 0.263 e. The van der Waals surface area contributed by atoms with Crippen LogP contribution in [0.1, 0.15) is 33.1 Å². The maximum atomic E-state index is 13.0. The molecule has 0 bridgehead atoms. The number of likely N-dealkylation sites (tertiary alicyclic amines) is 1. The maximum Gasteiger partial charge on any atom is 0.263 e. The van der Waals surface area contributed by atoms with Crippen LogP contribution in [0.3, 0.4) is 0 Å². The van der Waals surface area contributed by atoms with E-state index < -0.39 is 6.04 Å². The molecule has 7 nitrogen and oxygen atoms in total. The highest BCUT2D eigenvalue weighted by Gasteiger charge is 2.33. The maximum absolute atomic E-state index is 13.0. The molecule has 0 radical (unpaired) electrons. The number of aromatic nitrogens is 1. The standard InChI is InChI=1S/C19H21FN4O3S/c1-21-18(26)14-3-2-8-24(14)17(25)11-23-19(27)15-10-22-16(28-15)9-12-4-6-13(20)7-5-12/h4-7,10,14H,2-3,8-9,11H2,1H3,(H,21,26)(H,23,27). The average Bonchev–Trinajstić information content (AvgIpc) is 3.36. The zero-order chi connectivity index (χ0) is 20.1. The third kappa shape index (κ3) is 4.72. The molecule has 1 saturated heterocycles. The van der Waals surface area contributed by atoms with E-state index in [1.165, 1.54) is 34.6 Å². The number of likely N-dealkylation sites (N-methyl/N-ethyl adjacent to an activating group) is 1. The van der Waals surface area contributed by atoms with E-state index in [2.05, 4.69) is 15.6 Å². The van der Waals surface area contributed by atoms with Gasteiger partial charge in [-0.25, -0.2) is 9.37 Å². The van der Waals surface area contributed by atoms with E-state index >= 15 is 0 Å². The van der Waals surface area contributed by atoms with Crippen LogP contribution >= 0.6 is 11.3 Å². The predicted molar refractivity (Wildman–Crippen MR) is 102 cm³/mol. The second-order valence-corrected chi connectivity index (χ2v) is 7.58. The number of amides is 3. The van der Waals surface area contributed by atoms with Gasteiger partial charge in [0.1, 0.15) is 16.7 Å². The lowest BCUT2D eigenvalue weighted by Crippen LogP contribution is -2.48. The SMILES string of the molecule is CNC(=O)C1CCCN1C(=O)CNC(=O)c1cnc(Cc2ccc(F)cc2)s1. The first-order valence-corrected chi connectivity index (χ1v) is 9.78. The molecule has 0 saturated carbocycles. The summed E-state index contributed by atoms with van der Waals surface area (Å²) in [7, 11) is 1.54. The van der Waals surface area contributed by atoms with Gasteiger partial charge in [-0.15, -0.1) is 11.3 Å². The number of halogens is 1. The largest absolute Gasteiger partial charge is 0.357 e. The second-order valence-electron chi connectivity index (χ2n) is 6.46. The summed E-state index contributed by atoms with van der Waals surface area (Å²) in [5.74, 6) is -1.16. The van der Waals surface area contributed by atoms with Gasteiger partial charge in [-0.3, -0.25) is 14.4 Å². The number of rotatable bonds is 6. The molecule has 2 N–H and O–H groups in total. The van der Waals surface area contributed by atoms with Crippen molar-refractivity contribution in [3.05, 3.63) is 51.7 Å². The summed E-state index contributed by atoms with van der Waals surface area (Å²) >= 11 is 1.23. The first kappa shape index (κ1) is 19.9. The molecule has 28 heavy (non-hydrogen) atoms. The summed E-state index contributed by atoms with van der Waals surface area (Å²) in [6.45, 7) is 0.340. The Hall–Kier alpha value is -2.81. The van der Waals surface area contributed by atoms with Crippen molar-refractivity contribution in [3.63, 3.8) is 0 Å². The van der Waals surface area contributed by atoms with Gasteiger partial charge < -0.3 is 15.5 Å². The number of hydrogen-bond acceptors (Lipinski definition) is 5. The quantitative estimate of drug-likeness (QED) is 0.760. The van der Waals surface area contributed by atoms with E-state index in [9.17, 15) is 18.8 Å². The molecule has 1 aliphatic heterocycles. The van der Waals surface area contributed by atoms with Gasteiger partial charge in [0.2, 0.25) is 11.8 Å². The fraction of sp³-hybridized carbons (Fsp3) is 0.368. The zero-order valence-corrected chi connectivity index (χ0v) is 16.2. The normalized spacial score (nSPS) is 16.1. The molecule has 148 valence electrons. The van der Waals surface area contributed by atoms with Gasteiger partial charge in [-0.05, 0) is 30.5 Å². The van der Waals surface area contributed by atoms with E-state index in [1.807, 2.05) is 0 Å².